The lowest BCUT2D eigenvalue weighted by molar-refractivity contribution is -0.161. The van der Waals surface area contributed by atoms with Crippen LogP contribution in [-0.2, 0) is 4.79 Å². The molecule has 0 saturated heterocycles. The maximum absolute atomic E-state index is 12.2. The molecule has 0 aromatic rings. The Labute approximate surface area is 94.0 Å². The Kier molecular flexibility index (Phi) is 6.40. The van der Waals surface area contributed by atoms with E-state index in [0.717, 1.165) is 4.90 Å². The zero-order chi connectivity index (χ0) is 12.8. The maximum Gasteiger partial charge on any atom is 0.406 e. The lowest BCUT2D eigenvalue weighted by Gasteiger charge is -2.25. The fourth-order valence-electron chi connectivity index (χ4n) is 1.26. The molecule has 0 aliphatic heterocycles. The van der Waals surface area contributed by atoms with Gasteiger partial charge in [0.05, 0.1) is 6.54 Å². The molecule has 0 spiro atoms. The van der Waals surface area contributed by atoms with Crippen molar-refractivity contribution in [3.05, 3.63) is 0 Å². The van der Waals surface area contributed by atoms with E-state index in [1.165, 1.54) is 0 Å². The molecule has 0 aromatic carbocycles. The second-order valence-corrected chi connectivity index (χ2v) is 4.06. The SMILES string of the molecule is CCNCC(=O)N(CC(C)C)CC(F)(F)F. The summed E-state index contributed by atoms with van der Waals surface area (Å²) in [5, 5.41) is 2.73. The number of alkyl halides is 3. The van der Waals surface area contributed by atoms with Crippen LogP contribution in [0.25, 0.3) is 0 Å². The molecule has 1 N–H and O–H groups in total. The quantitative estimate of drug-likeness (QED) is 0.765. The number of rotatable bonds is 6. The van der Waals surface area contributed by atoms with Crippen LogP contribution >= 0.6 is 0 Å². The molecule has 0 fully saturated rings. The molecule has 0 heterocycles. The Bertz CT molecular complexity index is 217. The summed E-state index contributed by atoms with van der Waals surface area (Å²) in [5.74, 6) is -0.485. The monoisotopic (exact) mass is 240 g/mol. The number of hydrogen-bond donors (Lipinski definition) is 1. The molecule has 96 valence electrons. The second-order valence-electron chi connectivity index (χ2n) is 4.06. The highest BCUT2D eigenvalue weighted by molar-refractivity contribution is 5.78. The molecule has 0 aliphatic rings. The van der Waals surface area contributed by atoms with Gasteiger partial charge in [0.2, 0.25) is 5.91 Å². The Balaban J connectivity index is 4.35. The van der Waals surface area contributed by atoms with Crippen molar-refractivity contribution >= 4 is 5.91 Å². The summed E-state index contributed by atoms with van der Waals surface area (Å²) in [4.78, 5) is 12.3. The molecule has 0 atom stereocenters. The predicted molar refractivity (Wildman–Crippen MR) is 56.0 cm³/mol. The highest BCUT2D eigenvalue weighted by Gasteiger charge is 2.32. The van der Waals surface area contributed by atoms with Crippen molar-refractivity contribution in [3.63, 3.8) is 0 Å². The number of carbonyl (C=O) groups excluding carboxylic acids is 1. The normalized spacial score (nSPS) is 11.9. The van der Waals surface area contributed by atoms with Crippen molar-refractivity contribution in [1.82, 2.24) is 10.2 Å². The van der Waals surface area contributed by atoms with Gasteiger partial charge in [-0.15, -0.1) is 0 Å². The first-order valence-corrected chi connectivity index (χ1v) is 5.31. The van der Waals surface area contributed by atoms with Crippen LogP contribution in [0.4, 0.5) is 13.2 Å². The molecular weight excluding hydrogens is 221 g/mol. The third kappa shape index (κ3) is 7.50. The van der Waals surface area contributed by atoms with Crippen molar-refractivity contribution in [3.8, 4) is 0 Å². The number of halogens is 3. The average molecular weight is 240 g/mol. The van der Waals surface area contributed by atoms with Crippen molar-refractivity contribution in [2.75, 3.05) is 26.2 Å². The molecule has 0 unspecified atom stereocenters. The zero-order valence-corrected chi connectivity index (χ0v) is 9.90. The minimum Gasteiger partial charge on any atom is -0.332 e. The van der Waals surface area contributed by atoms with E-state index in [1.807, 2.05) is 0 Å². The van der Waals surface area contributed by atoms with Gasteiger partial charge in [-0.1, -0.05) is 20.8 Å². The molecular formula is C10H19F3N2O. The average Bonchev–Trinajstić information content (AvgIpc) is 2.10. The Morgan fingerprint density at radius 1 is 1.38 bits per heavy atom. The van der Waals surface area contributed by atoms with Crippen LogP contribution in [0.15, 0.2) is 0 Å². The summed E-state index contributed by atoms with van der Waals surface area (Å²) < 4.78 is 36.7. The van der Waals surface area contributed by atoms with Crippen LogP contribution < -0.4 is 5.32 Å². The van der Waals surface area contributed by atoms with Gasteiger partial charge >= 0.3 is 6.18 Å². The summed E-state index contributed by atoms with van der Waals surface area (Å²) in [6.07, 6.45) is -4.34. The van der Waals surface area contributed by atoms with Crippen LogP contribution in [0.1, 0.15) is 20.8 Å². The molecule has 0 aliphatic carbocycles. The molecule has 3 nitrogen and oxygen atoms in total. The van der Waals surface area contributed by atoms with Gasteiger partial charge in [-0.05, 0) is 12.5 Å². The van der Waals surface area contributed by atoms with E-state index in [9.17, 15) is 18.0 Å². The van der Waals surface area contributed by atoms with Crippen LogP contribution in [0.3, 0.4) is 0 Å². The lowest BCUT2D eigenvalue weighted by atomic mass is 10.2. The molecule has 6 heteroatoms. The Hall–Kier alpha value is -0.780. The summed E-state index contributed by atoms with van der Waals surface area (Å²) in [6.45, 7) is 4.84. The van der Waals surface area contributed by atoms with E-state index in [-0.39, 0.29) is 19.0 Å². The molecule has 0 radical (unpaired) electrons. The number of nitrogens with zero attached hydrogens (tertiary/aromatic N) is 1. The number of hydrogen-bond acceptors (Lipinski definition) is 2. The summed E-state index contributed by atoms with van der Waals surface area (Å²) in [5.41, 5.74) is 0. The van der Waals surface area contributed by atoms with Gasteiger partial charge in [0.25, 0.3) is 0 Å². The summed E-state index contributed by atoms with van der Waals surface area (Å²) in [7, 11) is 0. The largest absolute Gasteiger partial charge is 0.406 e. The molecule has 16 heavy (non-hydrogen) atoms. The van der Waals surface area contributed by atoms with E-state index in [2.05, 4.69) is 5.32 Å². The van der Waals surface area contributed by atoms with Crippen LogP contribution in [0.5, 0.6) is 0 Å². The van der Waals surface area contributed by atoms with Gasteiger partial charge in [0.15, 0.2) is 0 Å². The molecule has 0 saturated carbocycles. The highest BCUT2D eigenvalue weighted by Crippen LogP contribution is 2.17. The third-order valence-corrected chi connectivity index (χ3v) is 1.83. The minimum atomic E-state index is -4.34. The summed E-state index contributed by atoms with van der Waals surface area (Å²) in [6, 6.07) is 0. The number of amides is 1. The van der Waals surface area contributed by atoms with Crippen molar-refractivity contribution in [1.29, 1.82) is 0 Å². The van der Waals surface area contributed by atoms with Gasteiger partial charge in [-0.25, -0.2) is 0 Å². The van der Waals surface area contributed by atoms with E-state index < -0.39 is 18.6 Å². The van der Waals surface area contributed by atoms with Gasteiger partial charge < -0.3 is 10.2 Å². The standard InChI is InChI=1S/C10H19F3N2O/c1-4-14-5-9(16)15(6-8(2)3)7-10(11,12)13/h8,14H,4-7H2,1-3H3. The topological polar surface area (TPSA) is 32.3 Å². The highest BCUT2D eigenvalue weighted by atomic mass is 19.4. The Morgan fingerprint density at radius 2 is 1.94 bits per heavy atom. The number of nitrogens with one attached hydrogen (secondary N) is 1. The van der Waals surface area contributed by atoms with Crippen molar-refractivity contribution in [2.45, 2.75) is 26.9 Å². The van der Waals surface area contributed by atoms with E-state index in [1.54, 1.807) is 20.8 Å². The molecule has 0 aromatic heterocycles. The van der Waals surface area contributed by atoms with Crippen molar-refractivity contribution in [2.24, 2.45) is 5.92 Å². The Morgan fingerprint density at radius 3 is 2.31 bits per heavy atom. The van der Waals surface area contributed by atoms with E-state index >= 15 is 0 Å². The summed E-state index contributed by atoms with van der Waals surface area (Å²) >= 11 is 0. The molecule has 0 bridgehead atoms. The van der Waals surface area contributed by atoms with Crippen LogP contribution in [-0.4, -0.2) is 43.2 Å². The fourth-order valence-corrected chi connectivity index (χ4v) is 1.26. The van der Waals surface area contributed by atoms with Crippen molar-refractivity contribution < 1.29 is 18.0 Å². The fraction of sp³-hybridized carbons (Fsp3) is 0.900. The van der Waals surface area contributed by atoms with Crippen LogP contribution in [0.2, 0.25) is 0 Å². The third-order valence-electron chi connectivity index (χ3n) is 1.83. The van der Waals surface area contributed by atoms with Gasteiger partial charge in [-0.2, -0.15) is 13.2 Å². The molecule has 1 amide bonds. The first-order chi connectivity index (χ1) is 7.26. The number of likely N-dealkylation sites (N-methyl/N-ethyl adjacent to an activating group) is 1. The predicted octanol–water partition coefficient (Wildman–Crippen LogP) is 1.64. The first-order valence-electron chi connectivity index (χ1n) is 5.31. The maximum atomic E-state index is 12.2. The van der Waals surface area contributed by atoms with E-state index in [4.69, 9.17) is 0 Å². The zero-order valence-electron chi connectivity index (χ0n) is 9.90. The van der Waals surface area contributed by atoms with Gasteiger partial charge in [-0.3, -0.25) is 4.79 Å². The van der Waals surface area contributed by atoms with E-state index in [0.29, 0.717) is 6.54 Å². The lowest BCUT2D eigenvalue weighted by Crippen LogP contribution is -2.44. The number of carbonyl (C=O) groups is 1. The minimum absolute atomic E-state index is 0.0212. The van der Waals surface area contributed by atoms with Crippen LogP contribution in [0, 0.1) is 5.92 Å². The first kappa shape index (κ1) is 15.2. The smallest absolute Gasteiger partial charge is 0.332 e. The van der Waals surface area contributed by atoms with Gasteiger partial charge in [0.1, 0.15) is 6.54 Å². The van der Waals surface area contributed by atoms with Gasteiger partial charge in [0, 0.05) is 6.54 Å². The molecule has 0 rings (SSSR count). The second kappa shape index (κ2) is 6.73.